The number of carbonyl (C=O) groups excluding carboxylic acids is 1. The topological polar surface area (TPSA) is 54.5 Å². The molecule has 1 aromatic rings. The van der Waals surface area contributed by atoms with Gasteiger partial charge in [0.1, 0.15) is 5.78 Å². The summed E-state index contributed by atoms with van der Waals surface area (Å²) in [5, 5.41) is 0. The standard InChI is InChI=1S/C15H21NO3S/c1-3-4-13-6-5-12(2)15(11-13)20(18,19)16-9-7-14(17)8-10-16/h5-6,11H,3-4,7-10H2,1-2H3. The second-order valence-electron chi connectivity index (χ2n) is 5.29. The smallest absolute Gasteiger partial charge is 0.243 e. The lowest BCUT2D eigenvalue weighted by Gasteiger charge is -2.26. The molecule has 2 rings (SSSR count). The predicted octanol–water partition coefficient (Wildman–Crippen LogP) is 2.30. The van der Waals surface area contributed by atoms with E-state index in [4.69, 9.17) is 0 Å². The fourth-order valence-electron chi connectivity index (χ4n) is 2.48. The highest BCUT2D eigenvalue weighted by Gasteiger charge is 2.29. The van der Waals surface area contributed by atoms with Crippen LogP contribution >= 0.6 is 0 Å². The molecular formula is C15H21NO3S. The van der Waals surface area contributed by atoms with Crippen molar-refractivity contribution in [2.24, 2.45) is 0 Å². The van der Waals surface area contributed by atoms with Gasteiger partial charge in [0.05, 0.1) is 4.90 Å². The number of hydrogen-bond donors (Lipinski definition) is 0. The maximum Gasteiger partial charge on any atom is 0.243 e. The Bertz CT molecular complexity index is 598. The lowest BCUT2D eigenvalue weighted by atomic mass is 10.1. The van der Waals surface area contributed by atoms with Crippen molar-refractivity contribution in [2.45, 2.75) is 44.4 Å². The molecule has 0 saturated carbocycles. The molecule has 1 fully saturated rings. The predicted molar refractivity (Wildman–Crippen MR) is 78.2 cm³/mol. The molecule has 0 aromatic heterocycles. The Morgan fingerprint density at radius 1 is 1.20 bits per heavy atom. The molecule has 4 nitrogen and oxygen atoms in total. The first-order chi connectivity index (χ1) is 9.45. The summed E-state index contributed by atoms with van der Waals surface area (Å²) in [7, 11) is -3.48. The van der Waals surface area contributed by atoms with Crippen molar-refractivity contribution in [3.8, 4) is 0 Å². The average molecular weight is 295 g/mol. The fraction of sp³-hybridized carbons (Fsp3) is 0.533. The third kappa shape index (κ3) is 3.10. The summed E-state index contributed by atoms with van der Waals surface area (Å²) in [6.45, 7) is 4.50. The van der Waals surface area contributed by atoms with Crippen LogP contribution in [0.2, 0.25) is 0 Å². The maximum atomic E-state index is 12.7. The second kappa shape index (κ2) is 6.06. The lowest BCUT2D eigenvalue weighted by Crippen LogP contribution is -2.38. The number of ketones is 1. The van der Waals surface area contributed by atoms with Gasteiger partial charge in [0.15, 0.2) is 0 Å². The molecule has 0 N–H and O–H groups in total. The summed E-state index contributed by atoms with van der Waals surface area (Å²) in [4.78, 5) is 11.6. The van der Waals surface area contributed by atoms with Crippen LogP contribution < -0.4 is 0 Å². The summed E-state index contributed by atoms with van der Waals surface area (Å²) < 4.78 is 26.8. The number of sulfonamides is 1. The van der Waals surface area contributed by atoms with E-state index in [0.717, 1.165) is 24.0 Å². The Kier molecular flexibility index (Phi) is 4.60. The quantitative estimate of drug-likeness (QED) is 0.856. The van der Waals surface area contributed by atoms with Gasteiger partial charge in [-0.05, 0) is 30.5 Å². The van der Waals surface area contributed by atoms with Crippen LogP contribution in [0, 0.1) is 6.92 Å². The van der Waals surface area contributed by atoms with E-state index in [0.29, 0.717) is 30.8 Å². The van der Waals surface area contributed by atoms with Crippen molar-refractivity contribution in [3.05, 3.63) is 29.3 Å². The number of benzene rings is 1. The Labute approximate surface area is 120 Å². The first kappa shape index (κ1) is 15.2. The van der Waals surface area contributed by atoms with Gasteiger partial charge in [-0.15, -0.1) is 0 Å². The molecule has 1 aromatic carbocycles. The summed E-state index contributed by atoms with van der Waals surface area (Å²) in [6.07, 6.45) is 2.52. The van der Waals surface area contributed by atoms with Crippen LogP contribution in [0.3, 0.4) is 0 Å². The summed E-state index contributed by atoms with van der Waals surface area (Å²) >= 11 is 0. The van der Waals surface area contributed by atoms with Crippen LogP contribution in [-0.2, 0) is 21.2 Å². The van der Waals surface area contributed by atoms with E-state index in [2.05, 4.69) is 6.92 Å². The van der Waals surface area contributed by atoms with E-state index in [1.807, 2.05) is 19.1 Å². The number of rotatable bonds is 4. The van der Waals surface area contributed by atoms with Gasteiger partial charge in [0.25, 0.3) is 0 Å². The van der Waals surface area contributed by atoms with E-state index in [1.165, 1.54) is 4.31 Å². The Morgan fingerprint density at radius 2 is 1.85 bits per heavy atom. The SMILES string of the molecule is CCCc1ccc(C)c(S(=O)(=O)N2CCC(=O)CC2)c1. The van der Waals surface area contributed by atoms with Crippen LogP contribution in [0.1, 0.15) is 37.3 Å². The zero-order valence-corrected chi connectivity index (χ0v) is 12.9. The van der Waals surface area contributed by atoms with Crippen LogP contribution in [0.5, 0.6) is 0 Å². The second-order valence-corrected chi connectivity index (χ2v) is 7.20. The highest BCUT2D eigenvalue weighted by molar-refractivity contribution is 7.89. The van der Waals surface area contributed by atoms with Gasteiger partial charge in [-0.3, -0.25) is 4.79 Å². The van der Waals surface area contributed by atoms with Crippen LogP contribution in [0.15, 0.2) is 23.1 Å². The number of nitrogens with zero attached hydrogens (tertiary/aromatic N) is 1. The highest BCUT2D eigenvalue weighted by Crippen LogP contribution is 2.24. The molecule has 1 saturated heterocycles. The van der Waals surface area contributed by atoms with Crippen molar-refractivity contribution in [1.82, 2.24) is 4.31 Å². The van der Waals surface area contributed by atoms with Gasteiger partial charge >= 0.3 is 0 Å². The van der Waals surface area contributed by atoms with E-state index in [-0.39, 0.29) is 5.78 Å². The minimum atomic E-state index is -3.48. The van der Waals surface area contributed by atoms with Gasteiger partial charge in [-0.1, -0.05) is 25.5 Å². The third-order valence-corrected chi connectivity index (χ3v) is 5.73. The summed E-state index contributed by atoms with van der Waals surface area (Å²) in [5.74, 6) is 0.146. The Morgan fingerprint density at radius 3 is 2.45 bits per heavy atom. The molecule has 0 aliphatic carbocycles. The van der Waals surface area contributed by atoms with E-state index in [1.54, 1.807) is 6.07 Å². The summed E-state index contributed by atoms with van der Waals surface area (Å²) in [5.41, 5.74) is 1.81. The number of carbonyl (C=O) groups is 1. The van der Waals surface area contributed by atoms with Crippen molar-refractivity contribution < 1.29 is 13.2 Å². The number of hydrogen-bond acceptors (Lipinski definition) is 3. The molecule has 0 atom stereocenters. The molecule has 1 aliphatic rings. The molecule has 0 bridgehead atoms. The van der Waals surface area contributed by atoms with Gasteiger partial charge in [0, 0.05) is 25.9 Å². The largest absolute Gasteiger partial charge is 0.300 e. The van der Waals surface area contributed by atoms with Crippen molar-refractivity contribution in [2.75, 3.05) is 13.1 Å². The van der Waals surface area contributed by atoms with Gasteiger partial charge in [-0.2, -0.15) is 4.31 Å². The number of aryl methyl sites for hydroxylation is 2. The first-order valence-electron chi connectivity index (χ1n) is 7.06. The molecule has 20 heavy (non-hydrogen) atoms. The van der Waals surface area contributed by atoms with Gasteiger partial charge < -0.3 is 0 Å². The molecule has 1 aliphatic heterocycles. The van der Waals surface area contributed by atoms with Gasteiger partial charge in [0.2, 0.25) is 10.0 Å². The maximum absolute atomic E-state index is 12.7. The third-order valence-electron chi connectivity index (χ3n) is 3.69. The summed E-state index contributed by atoms with van der Waals surface area (Å²) in [6, 6.07) is 5.63. The van der Waals surface area contributed by atoms with Crippen molar-refractivity contribution in [3.63, 3.8) is 0 Å². The minimum absolute atomic E-state index is 0.146. The van der Waals surface area contributed by atoms with Crippen LogP contribution in [0.25, 0.3) is 0 Å². The molecule has 5 heteroatoms. The van der Waals surface area contributed by atoms with Gasteiger partial charge in [-0.25, -0.2) is 8.42 Å². The highest BCUT2D eigenvalue weighted by atomic mass is 32.2. The Balaban J connectivity index is 2.33. The zero-order valence-electron chi connectivity index (χ0n) is 12.1. The zero-order chi connectivity index (χ0) is 14.8. The van der Waals surface area contributed by atoms with E-state index in [9.17, 15) is 13.2 Å². The molecular weight excluding hydrogens is 274 g/mol. The van der Waals surface area contributed by atoms with Crippen LogP contribution in [0.4, 0.5) is 0 Å². The fourth-order valence-corrected chi connectivity index (χ4v) is 4.20. The minimum Gasteiger partial charge on any atom is -0.300 e. The first-order valence-corrected chi connectivity index (χ1v) is 8.50. The monoisotopic (exact) mass is 295 g/mol. The Hall–Kier alpha value is -1.20. The number of piperidine rings is 1. The van der Waals surface area contributed by atoms with Crippen molar-refractivity contribution >= 4 is 15.8 Å². The molecule has 110 valence electrons. The molecule has 0 amide bonds. The lowest BCUT2D eigenvalue weighted by molar-refractivity contribution is -0.120. The number of Topliss-reactive ketones (excluding diaryl/α,β-unsaturated/α-hetero) is 1. The van der Waals surface area contributed by atoms with Crippen molar-refractivity contribution in [1.29, 1.82) is 0 Å². The molecule has 0 radical (unpaired) electrons. The van der Waals surface area contributed by atoms with E-state index < -0.39 is 10.0 Å². The molecule has 1 heterocycles. The van der Waals surface area contributed by atoms with Crippen LogP contribution in [-0.4, -0.2) is 31.6 Å². The molecule has 0 unspecified atom stereocenters. The molecule has 0 spiro atoms. The van der Waals surface area contributed by atoms with E-state index >= 15 is 0 Å². The normalized spacial score (nSPS) is 17.4. The average Bonchev–Trinajstić information content (AvgIpc) is 2.41.